The van der Waals surface area contributed by atoms with Crippen molar-refractivity contribution < 1.29 is 4.79 Å². The number of benzene rings is 3. The van der Waals surface area contributed by atoms with Crippen LogP contribution in [0.25, 0.3) is 21.9 Å². The third-order valence-electron chi connectivity index (χ3n) is 3.15. The molecule has 0 aliphatic heterocycles. The Labute approximate surface area is 113 Å². The minimum absolute atomic E-state index is 1.28. The smallest absolute Gasteiger partial charge is 0.106 e. The van der Waals surface area contributed by atoms with Crippen molar-refractivity contribution in [1.29, 1.82) is 0 Å². The second kappa shape index (κ2) is 5.96. The van der Waals surface area contributed by atoms with E-state index < -0.39 is 0 Å². The molecule has 0 saturated heterocycles. The van der Waals surface area contributed by atoms with E-state index in [0.29, 0.717) is 0 Å². The summed E-state index contributed by atoms with van der Waals surface area (Å²) in [6.45, 7) is 4.12. The molecule has 0 amide bonds. The molecule has 0 aliphatic carbocycles. The average molecular weight is 248 g/mol. The van der Waals surface area contributed by atoms with E-state index in [9.17, 15) is 0 Å². The standard InChI is InChI=1S/C17H14.CH2O/c1-13-9-11-15(12-10-13)17-8-4-6-14-5-2-3-7-16(14)17;1-2/h2-12H,1H3;1H2. The summed E-state index contributed by atoms with van der Waals surface area (Å²) in [7, 11) is 0. The Morgan fingerprint density at radius 1 is 0.737 bits per heavy atom. The Hall–Kier alpha value is -2.41. The van der Waals surface area contributed by atoms with Gasteiger partial charge in [-0.1, -0.05) is 72.3 Å². The van der Waals surface area contributed by atoms with E-state index in [-0.39, 0.29) is 0 Å². The summed E-state index contributed by atoms with van der Waals surface area (Å²) >= 11 is 0. The van der Waals surface area contributed by atoms with Crippen LogP contribution in [-0.4, -0.2) is 6.79 Å². The van der Waals surface area contributed by atoms with E-state index in [4.69, 9.17) is 4.79 Å². The molecule has 3 aromatic rings. The first-order valence-electron chi connectivity index (χ1n) is 6.18. The Bertz CT molecular complexity index is 663. The third-order valence-corrected chi connectivity index (χ3v) is 3.15. The van der Waals surface area contributed by atoms with Gasteiger partial charge in [-0.25, -0.2) is 0 Å². The highest BCUT2D eigenvalue weighted by atomic mass is 16.1. The van der Waals surface area contributed by atoms with Crippen LogP contribution in [0, 0.1) is 6.92 Å². The van der Waals surface area contributed by atoms with Gasteiger partial charge in [-0.2, -0.15) is 0 Å². The summed E-state index contributed by atoms with van der Waals surface area (Å²) in [5.41, 5.74) is 3.89. The molecule has 0 N–H and O–H groups in total. The number of hydrogen-bond acceptors (Lipinski definition) is 1. The van der Waals surface area contributed by atoms with Crippen LogP contribution in [0.1, 0.15) is 5.56 Å². The minimum atomic E-state index is 1.28. The van der Waals surface area contributed by atoms with Crippen LogP contribution in [0.5, 0.6) is 0 Å². The molecular weight excluding hydrogens is 232 g/mol. The zero-order valence-corrected chi connectivity index (χ0v) is 11.0. The molecule has 1 heteroatoms. The molecule has 0 aromatic heterocycles. The highest BCUT2D eigenvalue weighted by Gasteiger charge is 2.02. The van der Waals surface area contributed by atoms with Crippen molar-refractivity contribution in [2.45, 2.75) is 6.92 Å². The summed E-state index contributed by atoms with van der Waals surface area (Å²) < 4.78 is 0. The summed E-state index contributed by atoms with van der Waals surface area (Å²) in [5.74, 6) is 0. The van der Waals surface area contributed by atoms with Gasteiger partial charge in [0.2, 0.25) is 0 Å². The average Bonchev–Trinajstić information content (AvgIpc) is 2.50. The van der Waals surface area contributed by atoms with Crippen LogP contribution in [0.15, 0.2) is 66.7 Å². The predicted octanol–water partition coefficient (Wildman–Crippen LogP) is 4.63. The summed E-state index contributed by atoms with van der Waals surface area (Å²) in [6, 6.07) is 23.7. The van der Waals surface area contributed by atoms with E-state index in [1.807, 2.05) is 6.79 Å². The van der Waals surface area contributed by atoms with Gasteiger partial charge in [0.1, 0.15) is 6.79 Å². The molecule has 0 unspecified atom stereocenters. The fourth-order valence-corrected chi connectivity index (χ4v) is 2.21. The van der Waals surface area contributed by atoms with E-state index in [1.54, 1.807) is 0 Å². The van der Waals surface area contributed by atoms with E-state index >= 15 is 0 Å². The molecule has 19 heavy (non-hydrogen) atoms. The van der Waals surface area contributed by atoms with Gasteiger partial charge in [0.15, 0.2) is 0 Å². The van der Waals surface area contributed by atoms with Crippen LogP contribution in [0.2, 0.25) is 0 Å². The van der Waals surface area contributed by atoms with E-state index in [1.165, 1.54) is 27.5 Å². The number of carbonyl (C=O) groups is 1. The van der Waals surface area contributed by atoms with Gasteiger partial charge >= 0.3 is 0 Å². The fourth-order valence-electron chi connectivity index (χ4n) is 2.21. The molecule has 0 atom stereocenters. The van der Waals surface area contributed by atoms with Crippen molar-refractivity contribution in [3.8, 4) is 11.1 Å². The molecule has 0 saturated carbocycles. The first-order valence-corrected chi connectivity index (χ1v) is 6.18. The second-order valence-corrected chi connectivity index (χ2v) is 4.39. The second-order valence-electron chi connectivity index (χ2n) is 4.39. The van der Waals surface area contributed by atoms with Gasteiger partial charge in [0.05, 0.1) is 0 Å². The van der Waals surface area contributed by atoms with Crippen molar-refractivity contribution in [2.24, 2.45) is 0 Å². The Morgan fingerprint density at radius 2 is 1.37 bits per heavy atom. The maximum absolute atomic E-state index is 8.00. The lowest BCUT2D eigenvalue weighted by atomic mass is 9.98. The number of fused-ring (bicyclic) bond motifs is 1. The predicted molar refractivity (Wildman–Crippen MR) is 81.2 cm³/mol. The number of rotatable bonds is 1. The van der Waals surface area contributed by atoms with Crippen molar-refractivity contribution in [1.82, 2.24) is 0 Å². The molecule has 0 bridgehead atoms. The van der Waals surface area contributed by atoms with Crippen LogP contribution >= 0.6 is 0 Å². The maximum Gasteiger partial charge on any atom is 0.106 e. The number of carbonyl (C=O) groups excluding carboxylic acids is 1. The molecule has 0 radical (unpaired) electrons. The van der Waals surface area contributed by atoms with Crippen LogP contribution in [0.4, 0.5) is 0 Å². The Balaban J connectivity index is 0.000000637. The largest absolute Gasteiger partial charge is 0.307 e. The van der Waals surface area contributed by atoms with E-state index in [2.05, 4.69) is 73.7 Å². The van der Waals surface area contributed by atoms with Crippen molar-refractivity contribution in [3.05, 3.63) is 72.3 Å². The quantitative estimate of drug-likeness (QED) is 0.613. The van der Waals surface area contributed by atoms with Crippen LogP contribution in [-0.2, 0) is 4.79 Å². The van der Waals surface area contributed by atoms with Gasteiger partial charge in [-0.15, -0.1) is 0 Å². The molecule has 0 aliphatic rings. The zero-order valence-electron chi connectivity index (χ0n) is 11.0. The van der Waals surface area contributed by atoms with Gasteiger partial charge in [0, 0.05) is 0 Å². The molecule has 1 nitrogen and oxygen atoms in total. The Kier molecular flexibility index (Phi) is 4.09. The summed E-state index contributed by atoms with van der Waals surface area (Å²) in [6.07, 6.45) is 0. The molecule has 3 rings (SSSR count). The lowest BCUT2D eigenvalue weighted by Crippen LogP contribution is -1.81. The highest BCUT2D eigenvalue weighted by Crippen LogP contribution is 2.28. The van der Waals surface area contributed by atoms with Gasteiger partial charge in [-0.05, 0) is 28.8 Å². The topological polar surface area (TPSA) is 17.1 Å². The summed E-state index contributed by atoms with van der Waals surface area (Å²) in [5, 5.41) is 2.62. The molecule has 94 valence electrons. The first-order chi connectivity index (χ1) is 9.34. The van der Waals surface area contributed by atoms with Gasteiger partial charge < -0.3 is 4.79 Å². The normalized spacial score (nSPS) is 9.74. The number of aryl methyl sites for hydroxylation is 1. The minimum Gasteiger partial charge on any atom is -0.307 e. The zero-order chi connectivity index (χ0) is 13.7. The fraction of sp³-hybridized carbons (Fsp3) is 0.0556. The SMILES string of the molecule is C=O.Cc1ccc(-c2cccc3ccccc23)cc1. The molecule has 0 heterocycles. The van der Waals surface area contributed by atoms with Gasteiger partial charge in [-0.3, -0.25) is 0 Å². The monoisotopic (exact) mass is 248 g/mol. The maximum atomic E-state index is 8.00. The Morgan fingerprint density at radius 3 is 2.11 bits per heavy atom. The van der Waals surface area contributed by atoms with E-state index in [0.717, 1.165) is 0 Å². The third kappa shape index (κ3) is 2.71. The van der Waals surface area contributed by atoms with Gasteiger partial charge in [0.25, 0.3) is 0 Å². The first kappa shape index (κ1) is 13.0. The lowest BCUT2D eigenvalue weighted by Gasteiger charge is -2.07. The van der Waals surface area contributed by atoms with Crippen LogP contribution < -0.4 is 0 Å². The number of hydrogen-bond donors (Lipinski definition) is 0. The van der Waals surface area contributed by atoms with Crippen molar-refractivity contribution >= 4 is 17.6 Å². The molecule has 0 fully saturated rings. The molecule has 3 aromatic carbocycles. The molecular formula is C18H16O. The summed E-state index contributed by atoms with van der Waals surface area (Å²) in [4.78, 5) is 8.00. The highest BCUT2D eigenvalue weighted by molar-refractivity contribution is 5.96. The van der Waals surface area contributed by atoms with Crippen molar-refractivity contribution in [2.75, 3.05) is 0 Å². The molecule has 0 spiro atoms. The van der Waals surface area contributed by atoms with Crippen LogP contribution in [0.3, 0.4) is 0 Å². The lowest BCUT2D eigenvalue weighted by molar-refractivity contribution is -0.0979. The van der Waals surface area contributed by atoms with Crippen molar-refractivity contribution in [3.63, 3.8) is 0 Å².